The van der Waals surface area contributed by atoms with Gasteiger partial charge < -0.3 is 15.0 Å². The number of ether oxygens (including phenoxy) is 1. The number of hydrogen-bond donors (Lipinski definition) is 1. The van der Waals surface area contributed by atoms with E-state index in [-0.39, 0.29) is 41.9 Å². The molecule has 0 aliphatic carbocycles. The van der Waals surface area contributed by atoms with Crippen LogP contribution in [0.2, 0.25) is 0 Å². The number of carbonyl (C=O) groups is 2. The maximum absolute atomic E-state index is 15.5. The van der Waals surface area contributed by atoms with E-state index in [4.69, 9.17) is 4.74 Å². The lowest BCUT2D eigenvalue weighted by molar-refractivity contribution is -0.167. The van der Waals surface area contributed by atoms with E-state index < -0.39 is 59.2 Å². The van der Waals surface area contributed by atoms with Gasteiger partial charge in [0, 0.05) is 43.5 Å². The summed E-state index contributed by atoms with van der Waals surface area (Å²) in [6.45, 7) is 1.96. The molecule has 0 spiro atoms. The number of fused-ring (bicyclic) bond motifs is 2. The number of Topliss-reactive ketones (excluding diaryl/α,β-unsaturated/α-hetero) is 1. The molecule has 0 radical (unpaired) electrons. The second kappa shape index (κ2) is 12.9. The second-order valence-electron chi connectivity index (χ2n) is 11.8. The molecule has 0 saturated carbocycles. The standard InChI is InChI=1S/C34H30F4N6O5/c1-18-13-21(43-11-12-49-17-28(43)34(36,37)38)15-24(35)29(18)31(46)41-25(19(2)45)14-20-6-7-26(30-22(20)5-4-9-40-30)44-32(47)23-8-10-39-16-27(23)42(3)33(44)48/h4-10,13,15-16,25,28H,11-12,14,17H2,1-3H3,(H,41,46)/t25-,28+/m0/s1. The van der Waals surface area contributed by atoms with Gasteiger partial charge in [0.15, 0.2) is 5.78 Å². The lowest BCUT2D eigenvalue weighted by Crippen LogP contribution is -2.53. The molecule has 11 nitrogen and oxygen atoms in total. The number of benzene rings is 2. The highest BCUT2D eigenvalue weighted by Crippen LogP contribution is 2.33. The first-order chi connectivity index (χ1) is 23.3. The molecule has 4 heterocycles. The summed E-state index contributed by atoms with van der Waals surface area (Å²) in [5, 5.41) is 3.34. The smallest absolute Gasteiger partial charge is 0.377 e. The van der Waals surface area contributed by atoms with E-state index in [0.717, 1.165) is 15.5 Å². The van der Waals surface area contributed by atoms with Crippen LogP contribution in [0.4, 0.5) is 23.2 Å². The van der Waals surface area contributed by atoms with Crippen molar-refractivity contribution in [1.82, 2.24) is 24.4 Å². The average Bonchev–Trinajstić information content (AvgIpc) is 3.07. The molecule has 1 N–H and O–H groups in total. The van der Waals surface area contributed by atoms with E-state index in [0.29, 0.717) is 22.0 Å². The first-order valence-electron chi connectivity index (χ1n) is 15.2. The fraction of sp³-hybridized carbons (Fsp3) is 0.294. The molecule has 1 amide bonds. The Labute approximate surface area is 275 Å². The van der Waals surface area contributed by atoms with Crippen molar-refractivity contribution in [2.45, 2.75) is 38.5 Å². The van der Waals surface area contributed by atoms with Gasteiger partial charge in [0.05, 0.1) is 53.1 Å². The van der Waals surface area contributed by atoms with Crippen LogP contribution < -0.4 is 21.5 Å². The zero-order valence-corrected chi connectivity index (χ0v) is 26.5. The summed E-state index contributed by atoms with van der Waals surface area (Å²) in [4.78, 5) is 62.5. The normalized spacial score (nSPS) is 15.8. The molecule has 6 rings (SSSR count). The summed E-state index contributed by atoms with van der Waals surface area (Å²) in [5.74, 6) is -2.41. The van der Waals surface area contributed by atoms with Crippen molar-refractivity contribution in [3.05, 3.63) is 104 Å². The number of carbonyl (C=O) groups excluding carboxylic acids is 2. The molecule has 2 atom stereocenters. The molecule has 0 unspecified atom stereocenters. The van der Waals surface area contributed by atoms with Gasteiger partial charge >= 0.3 is 11.9 Å². The Kier molecular flexibility index (Phi) is 8.79. The van der Waals surface area contributed by atoms with Crippen molar-refractivity contribution < 1.29 is 31.9 Å². The Balaban J connectivity index is 1.32. The molecule has 5 aromatic rings. The fourth-order valence-corrected chi connectivity index (χ4v) is 6.19. The Hall–Kier alpha value is -5.44. The van der Waals surface area contributed by atoms with Crippen molar-refractivity contribution in [1.29, 1.82) is 0 Å². The quantitative estimate of drug-likeness (QED) is 0.258. The third-order valence-electron chi connectivity index (χ3n) is 8.71. The van der Waals surface area contributed by atoms with Crippen LogP contribution >= 0.6 is 0 Å². The molecule has 3 aromatic heterocycles. The molecular weight excluding hydrogens is 648 g/mol. The predicted octanol–water partition coefficient (Wildman–Crippen LogP) is 3.78. The summed E-state index contributed by atoms with van der Waals surface area (Å²) in [6.07, 6.45) is -0.314. The molecule has 1 fully saturated rings. The van der Waals surface area contributed by atoms with Gasteiger partial charge in [-0.25, -0.2) is 13.8 Å². The van der Waals surface area contributed by atoms with Crippen molar-refractivity contribution >= 4 is 39.2 Å². The van der Waals surface area contributed by atoms with Gasteiger partial charge in [0.2, 0.25) is 0 Å². The van der Waals surface area contributed by atoms with Crippen molar-refractivity contribution in [3.8, 4) is 5.69 Å². The highest BCUT2D eigenvalue weighted by atomic mass is 19.4. The Morgan fingerprint density at radius 1 is 1.10 bits per heavy atom. The molecule has 254 valence electrons. The minimum absolute atomic E-state index is 0.0221. The van der Waals surface area contributed by atoms with Gasteiger partial charge in [-0.05, 0) is 55.3 Å². The summed E-state index contributed by atoms with van der Waals surface area (Å²) in [6, 6.07) is 7.06. The van der Waals surface area contributed by atoms with Crippen LogP contribution in [0.5, 0.6) is 0 Å². The van der Waals surface area contributed by atoms with Gasteiger partial charge in [-0.3, -0.25) is 28.9 Å². The Bertz CT molecular complexity index is 2230. The monoisotopic (exact) mass is 678 g/mol. The zero-order chi connectivity index (χ0) is 35.2. The van der Waals surface area contributed by atoms with Crippen LogP contribution in [0, 0.1) is 12.7 Å². The van der Waals surface area contributed by atoms with E-state index in [9.17, 15) is 32.3 Å². The number of hydrogen-bond acceptors (Lipinski definition) is 8. The lowest BCUT2D eigenvalue weighted by Gasteiger charge is -2.38. The Morgan fingerprint density at radius 2 is 1.88 bits per heavy atom. The number of aromatic nitrogens is 4. The minimum atomic E-state index is -4.62. The predicted molar refractivity (Wildman–Crippen MR) is 173 cm³/mol. The van der Waals surface area contributed by atoms with Crippen LogP contribution in [0.25, 0.3) is 27.5 Å². The van der Waals surface area contributed by atoms with E-state index in [1.54, 1.807) is 18.2 Å². The third-order valence-corrected chi connectivity index (χ3v) is 8.71. The fourth-order valence-electron chi connectivity index (χ4n) is 6.19. The van der Waals surface area contributed by atoms with Crippen LogP contribution in [0.3, 0.4) is 0 Å². The highest BCUT2D eigenvalue weighted by molar-refractivity contribution is 5.99. The van der Waals surface area contributed by atoms with Gasteiger partial charge in [-0.1, -0.05) is 12.1 Å². The number of aryl methyl sites for hydroxylation is 2. The first-order valence-corrected chi connectivity index (χ1v) is 15.2. The van der Waals surface area contributed by atoms with Gasteiger partial charge in [0.25, 0.3) is 11.5 Å². The number of pyridine rings is 2. The highest BCUT2D eigenvalue weighted by Gasteiger charge is 2.45. The van der Waals surface area contributed by atoms with Crippen LogP contribution in [0.15, 0.2) is 70.6 Å². The van der Waals surface area contributed by atoms with Crippen LogP contribution in [0.1, 0.15) is 28.4 Å². The Morgan fingerprint density at radius 3 is 2.59 bits per heavy atom. The third kappa shape index (κ3) is 6.17. The number of rotatable bonds is 7. The van der Waals surface area contributed by atoms with Gasteiger partial charge in [0.1, 0.15) is 11.9 Å². The number of nitrogens with one attached hydrogen (secondary N) is 1. The van der Waals surface area contributed by atoms with Crippen LogP contribution in [-0.2, 0) is 23.0 Å². The maximum atomic E-state index is 15.5. The molecule has 2 aromatic carbocycles. The number of ketones is 1. The number of anilines is 1. The van der Waals surface area contributed by atoms with Crippen LogP contribution in [-0.4, -0.2) is 68.8 Å². The molecule has 1 aliphatic rings. The first kappa shape index (κ1) is 33.5. The number of morpholine rings is 1. The molecule has 1 saturated heterocycles. The largest absolute Gasteiger partial charge is 0.411 e. The van der Waals surface area contributed by atoms with E-state index in [2.05, 4.69) is 15.3 Å². The maximum Gasteiger partial charge on any atom is 0.411 e. The average molecular weight is 679 g/mol. The number of halogens is 4. The SMILES string of the molecule is CC(=O)[C@H](Cc1ccc(-n2c(=O)c3ccncc3n(C)c2=O)c2ncccc12)NC(=O)c1c(C)cc(N2CCOC[C@@H]2C(F)(F)F)cc1F. The zero-order valence-electron chi connectivity index (χ0n) is 26.5. The van der Waals surface area contributed by atoms with Gasteiger partial charge in [-0.2, -0.15) is 13.2 Å². The van der Waals surface area contributed by atoms with E-state index in [1.165, 1.54) is 62.3 Å². The minimum Gasteiger partial charge on any atom is -0.377 e. The van der Waals surface area contributed by atoms with Crippen molar-refractivity contribution in [3.63, 3.8) is 0 Å². The van der Waals surface area contributed by atoms with Gasteiger partial charge in [-0.15, -0.1) is 0 Å². The molecule has 49 heavy (non-hydrogen) atoms. The van der Waals surface area contributed by atoms with E-state index >= 15 is 4.39 Å². The lowest BCUT2D eigenvalue weighted by atomic mass is 9.97. The molecule has 15 heteroatoms. The van der Waals surface area contributed by atoms with Crippen molar-refractivity contribution in [2.75, 3.05) is 24.7 Å². The summed E-state index contributed by atoms with van der Waals surface area (Å²) in [5.41, 5.74) is -0.163. The van der Waals surface area contributed by atoms with E-state index in [1.807, 2.05) is 0 Å². The topological polar surface area (TPSA) is 128 Å². The van der Waals surface area contributed by atoms with Crippen molar-refractivity contribution in [2.24, 2.45) is 7.05 Å². The molecule has 0 bridgehead atoms. The number of nitrogens with zero attached hydrogens (tertiary/aromatic N) is 5. The number of amides is 1. The molecule has 1 aliphatic heterocycles. The second-order valence-corrected chi connectivity index (χ2v) is 11.8. The summed E-state index contributed by atoms with van der Waals surface area (Å²) in [7, 11) is 1.52. The summed E-state index contributed by atoms with van der Waals surface area (Å²) >= 11 is 0. The number of alkyl halides is 3. The summed E-state index contributed by atoms with van der Waals surface area (Å²) < 4.78 is 63.7. The molecular formula is C34H30F4N6O5.